The number of furan rings is 1. The third-order valence-electron chi connectivity index (χ3n) is 3.29. The van der Waals surface area contributed by atoms with Crippen molar-refractivity contribution in [1.82, 2.24) is 5.32 Å². The zero-order valence-corrected chi connectivity index (χ0v) is 9.95. The van der Waals surface area contributed by atoms with Crippen LogP contribution in [0.1, 0.15) is 54.8 Å². The molecule has 1 saturated carbocycles. The minimum absolute atomic E-state index is 0.0164. The SMILES string of the molecule is O=C(O)c1ccc(CNC2CCCCCC2)o1. The molecule has 0 bridgehead atoms. The van der Waals surface area contributed by atoms with E-state index < -0.39 is 5.97 Å². The average Bonchev–Trinajstić information content (AvgIpc) is 2.63. The summed E-state index contributed by atoms with van der Waals surface area (Å²) in [7, 11) is 0. The predicted octanol–water partition coefficient (Wildman–Crippen LogP) is 2.79. The summed E-state index contributed by atoms with van der Waals surface area (Å²) < 4.78 is 5.21. The van der Waals surface area contributed by atoms with Crippen LogP contribution < -0.4 is 5.32 Å². The van der Waals surface area contributed by atoms with Crippen LogP contribution in [0.25, 0.3) is 0 Å². The number of aromatic carboxylic acids is 1. The van der Waals surface area contributed by atoms with E-state index in [1.807, 2.05) is 0 Å². The summed E-state index contributed by atoms with van der Waals surface area (Å²) in [5.41, 5.74) is 0. The van der Waals surface area contributed by atoms with Crippen molar-refractivity contribution in [1.29, 1.82) is 0 Å². The Labute approximate surface area is 101 Å². The second-order valence-electron chi connectivity index (χ2n) is 4.64. The van der Waals surface area contributed by atoms with Gasteiger partial charge in [0.1, 0.15) is 5.76 Å². The van der Waals surface area contributed by atoms with Crippen LogP contribution in [0.3, 0.4) is 0 Å². The topological polar surface area (TPSA) is 62.5 Å². The van der Waals surface area contributed by atoms with Crippen molar-refractivity contribution in [2.45, 2.75) is 51.1 Å². The van der Waals surface area contributed by atoms with Crippen LogP contribution in [0.5, 0.6) is 0 Å². The van der Waals surface area contributed by atoms with Crippen LogP contribution in [0.4, 0.5) is 0 Å². The van der Waals surface area contributed by atoms with Gasteiger partial charge in [-0.25, -0.2) is 4.79 Å². The number of nitrogens with one attached hydrogen (secondary N) is 1. The largest absolute Gasteiger partial charge is 0.475 e. The lowest BCUT2D eigenvalue weighted by molar-refractivity contribution is 0.0660. The van der Waals surface area contributed by atoms with Crippen LogP contribution in [0, 0.1) is 0 Å². The molecule has 0 saturated heterocycles. The molecule has 17 heavy (non-hydrogen) atoms. The fraction of sp³-hybridized carbons (Fsp3) is 0.615. The first-order valence-electron chi connectivity index (χ1n) is 6.31. The van der Waals surface area contributed by atoms with Gasteiger partial charge in [-0.1, -0.05) is 25.7 Å². The van der Waals surface area contributed by atoms with Gasteiger partial charge in [0.25, 0.3) is 0 Å². The molecule has 1 aromatic heterocycles. The first kappa shape index (κ1) is 12.2. The second kappa shape index (κ2) is 5.87. The first-order chi connectivity index (χ1) is 8.25. The van der Waals surface area contributed by atoms with E-state index in [9.17, 15) is 4.79 Å². The zero-order chi connectivity index (χ0) is 12.1. The molecule has 4 nitrogen and oxygen atoms in total. The molecule has 0 aromatic carbocycles. The van der Waals surface area contributed by atoms with Crippen molar-refractivity contribution in [2.75, 3.05) is 0 Å². The summed E-state index contributed by atoms with van der Waals surface area (Å²) in [6.07, 6.45) is 7.68. The van der Waals surface area contributed by atoms with E-state index in [-0.39, 0.29) is 5.76 Å². The molecule has 1 aromatic rings. The van der Waals surface area contributed by atoms with E-state index in [0.29, 0.717) is 18.3 Å². The third-order valence-corrected chi connectivity index (χ3v) is 3.29. The molecular formula is C13H19NO3. The number of carboxylic acids is 1. The van der Waals surface area contributed by atoms with E-state index in [4.69, 9.17) is 9.52 Å². The molecule has 0 amide bonds. The van der Waals surface area contributed by atoms with Gasteiger partial charge in [-0.3, -0.25) is 0 Å². The summed E-state index contributed by atoms with van der Waals surface area (Å²) in [6.45, 7) is 0.623. The molecule has 0 atom stereocenters. The van der Waals surface area contributed by atoms with Crippen molar-refractivity contribution < 1.29 is 14.3 Å². The van der Waals surface area contributed by atoms with Crippen LogP contribution in [-0.4, -0.2) is 17.1 Å². The Bertz CT molecular complexity index is 364. The summed E-state index contributed by atoms with van der Waals surface area (Å²) >= 11 is 0. The highest BCUT2D eigenvalue weighted by Crippen LogP contribution is 2.18. The van der Waals surface area contributed by atoms with Gasteiger partial charge >= 0.3 is 5.97 Å². The predicted molar refractivity (Wildman–Crippen MR) is 64.0 cm³/mol. The lowest BCUT2D eigenvalue weighted by atomic mass is 10.1. The van der Waals surface area contributed by atoms with Crippen LogP contribution in [0.2, 0.25) is 0 Å². The lowest BCUT2D eigenvalue weighted by Crippen LogP contribution is -2.27. The van der Waals surface area contributed by atoms with Gasteiger partial charge in [0.05, 0.1) is 6.54 Å². The summed E-state index contributed by atoms with van der Waals surface area (Å²) in [4.78, 5) is 10.7. The standard InChI is InChI=1S/C13H19NO3/c15-13(16)12-8-7-11(17-12)9-14-10-5-3-1-2-4-6-10/h7-8,10,14H,1-6,9H2,(H,15,16). The normalized spacial score (nSPS) is 17.9. The van der Waals surface area contributed by atoms with Crippen LogP contribution >= 0.6 is 0 Å². The quantitative estimate of drug-likeness (QED) is 0.790. The Kier molecular flexibility index (Phi) is 4.20. The van der Waals surface area contributed by atoms with E-state index in [2.05, 4.69) is 5.32 Å². The number of rotatable bonds is 4. The first-order valence-corrected chi connectivity index (χ1v) is 6.31. The molecule has 0 radical (unpaired) electrons. The monoisotopic (exact) mass is 237 g/mol. The Balaban J connectivity index is 1.81. The highest BCUT2D eigenvalue weighted by atomic mass is 16.4. The molecule has 1 aliphatic rings. The molecule has 0 spiro atoms. The molecule has 0 aliphatic heterocycles. The van der Waals surface area contributed by atoms with Crippen molar-refractivity contribution >= 4 is 5.97 Å². The smallest absolute Gasteiger partial charge is 0.371 e. The maximum atomic E-state index is 10.7. The van der Waals surface area contributed by atoms with E-state index in [1.165, 1.54) is 44.6 Å². The maximum Gasteiger partial charge on any atom is 0.371 e. The molecule has 4 heteroatoms. The van der Waals surface area contributed by atoms with Gasteiger partial charge < -0.3 is 14.8 Å². The van der Waals surface area contributed by atoms with Gasteiger partial charge in [-0.05, 0) is 25.0 Å². The maximum absolute atomic E-state index is 10.7. The fourth-order valence-corrected chi connectivity index (χ4v) is 2.32. The summed E-state index contributed by atoms with van der Waals surface area (Å²) in [5, 5.41) is 12.2. The molecule has 1 heterocycles. The highest BCUT2D eigenvalue weighted by molar-refractivity contribution is 5.84. The number of hydrogen-bond donors (Lipinski definition) is 2. The van der Waals surface area contributed by atoms with E-state index in [0.717, 1.165) is 0 Å². The molecule has 2 rings (SSSR count). The minimum atomic E-state index is -1.01. The Morgan fingerprint density at radius 3 is 2.59 bits per heavy atom. The lowest BCUT2D eigenvalue weighted by Gasteiger charge is -2.14. The van der Waals surface area contributed by atoms with Crippen LogP contribution in [0.15, 0.2) is 16.5 Å². The molecule has 2 N–H and O–H groups in total. The molecule has 1 fully saturated rings. The van der Waals surface area contributed by atoms with Crippen molar-refractivity contribution in [2.24, 2.45) is 0 Å². The minimum Gasteiger partial charge on any atom is -0.475 e. The van der Waals surface area contributed by atoms with Gasteiger partial charge in [0.2, 0.25) is 5.76 Å². The molecular weight excluding hydrogens is 218 g/mol. The number of hydrogen-bond acceptors (Lipinski definition) is 3. The van der Waals surface area contributed by atoms with Crippen molar-refractivity contribution in [3.63, 3.8) is 0 Å². The van der Waals surface area contributed by atoms with Gasteiger partial charge in [0, 0.05) is 6.04 Å². The van der Waals surface area contributed by atoms with Crippen LogP contribution in [-0.2, 0) is 6.54 Å². The third kappa shape index (κ3) is 3.60. The van der Waals surface area contributed by atoms with Crippen molar-refractivity contribution in [3.05, 3.63) is 23.7 Å². The average molecular weight is 237 g/mol. The molecule has 94 valence electrons. The number of carboxylic acid groups (broad SMARTS) is 1. The molecule has 0 unspecified atom stereocenters. The summed E-state index contributed by atoms with van der Waals surface area (Å²) in [5.74, 6) is -0.292. The van der Waals surface area contributed by atoms with Gasteiger partial charge in [0.15, 0.2) is 0 Å². The highest BCUT2D eigenvalue weighted by Gasteiger charge is 2.13. The zero-order valence-electron chi connectivity index (χ0n) is 9.95. The number of carbonyl (C=O) groups is 1. The summed E-state index contributed by atoms with van der Waals surface area (Å²) in [6, 6.07) is 3.79. The molecule has 1 aliphatic carbocycles. The Morgan fingerprint density at radius 1 is 1.29 bits per heavy atom. The Morgan fingerprint density at radius 2 is 2.00 bits per heavy atom. The van der Waals surface area contributed by atoms with E-state index in [1.54, 1.807) is 6.07 Å². The Hall–Kier alpha value is -1.29. The van der Waals surface area contributed by atoms with E-state index >= 15 is 0 Å². The fourth-order valence-electron chi connectivity index (χ4n) is 2.32. The second-order valence-corrected chi connectivity index (χ2v) is 4.64. The van der Waals surface area contributed by atoms with Gasteiger partial charge in [-0.15, -0.1) is 0 Å². The van der Waals surface area contributed by atoms with Crippen molar-refractivity contribution in [3.8, 4) is 0 Å². The van der Waals surface area contributed by atoms with Gasteiger partial charge in [-0.2, -0.15) is 0 Å².